The number of anilines is 2. The van der Waals surface area contributed by atoms with Crippen molar-refractivity contribution in [3.63, 3.8) is 0 Å². The van der Waals surface area contributed by atoms with Crippen LogP contribution in [0.2, 0.25) is 0 Å². The lowest BCUT2D eigenvalue weighted by molar-refractivity contribution is -0.385. The Kier molecular flexibility index (Phi) is 10.1. The molecule has 0 atom stereocenters. The minimum Gasteiger partial charge on any atom is -0.368 e. The van der Waals surface area contributed by atoms with E-state index in [4.69, 9.17) is 9.98 Å². The second kappa shape index (κ2) is 14.6. The lowest BCUT2D eigenvalue weighted by Gasteiger charge is -2.11. The number of nitro benzene ring substituents is 2. The molecule has 0 spiro atoms. The van der Waals surface area contributed by atoms with Gasteiger partial charge >= 0.3 is 0 Å². The number of benzene rings is 4. The predicted molar refractivity (Wildman–Crippen MR) is 203 cm³/mol. The van der Waals surface area contributed by atoms with Crippen molar-refractivity contribution in [2.75, 3.05) is 38.0 Å². The maximum absolute atomic E-state index is 11.1. The SMILES string of the molecule is CN(C)c1sc(=Nc2ccc(Cc3ccc(N=c4sc(-c5ccc([N+](=O)[O-])cc5)c(N(C)C)s4)cc3)cc2)sc1-c1ccc([N+](=O)[O-])cc1. The Morgan fingerprint density at radius 3 is 1.18 bits per heavy atom. The molecule has 6 rings (SSSR count). The number of rotatable bonds is 10. The fourth-order valence-electron chi connectivity index (χ4n) is 4.90. The molecule has 0 amide bonds. The van der Waals surface area contributed by atoms with Gasteiger partial charge in [0, 0.05) is 52.5 Å². The van der Waals surface area contributed by atoms with Crippen LogP contribution in [0.3, 0.4) is 0 Å². The number of hydrogen-bond donors (Lipinski definition) is 0. The molecule has 2 heterocycles. The van der Waals surface area contributed by atoms with E-state index in [0.29, 0.717) is 0 Å². The lowest BCUT2D eigenvalue weighted by atomic mass is 10.0. The maximum atomic E-state index is 11.1. The summed E-state index contributed by atoms with van der Waals surface area (Å²) in [7, 11) is 7.93. The van der Waals surface area contributed by atoms with Gasteiger partial charge in [0.1, 0.15) is 10.0 Å². The van der Waals surface area contributed by atoms with Crippen LogP contribution in [-0.2, 0) is 6.42 Å². The zero-order valence-corrected chi connectivity index (χ0v) is 30.2. The first-order valence-corrected chi connectivity index (χ1v) is 18.2. The van der Waals surface area contributed by atoms with Crippen LogP contribution in [0, 0.1) is 20.2 Å². The topological polar surface area (TPSA) is 117 Å². The van der Waals surface area contributed by atoms with Crippen LogP contribution in [-0.4, -0.2) is 38.0 Å². The van der Waals surface area contributed by atoms with Crippen molar-refractivity contribution in [1.29, 1.82) is 0 Å². The second-order valence-corrected chi connectivity index (χ2v) is 15.8. The van der Waals surface area contributed by atoms with Gasteiger partial charge in [0.2, 0.25) is 0 Å². The first-order valence-electron chi connectivity index (χ1n) is 14.9. The Morgan fingerprint density at radius 2 is 0.878 bits per heavy atom. The monoisotopic (exact) mass is 726 g/mol. The Morgan fingerprint density at radius 1 is 0.531 bits per heavy atom. The highest BCUT2D eigenvalue weighted by molar-refractivity contribution is 7.33. The van der Waals surface area contributed by atoms with Gasteiger partial charge in [-0.25, -0.2) is 9.98 Å². The van der Waals surface area contributed by atoms with Crippen LogP contribution < -0.4 is 17.8 Å². The Hall–Kier alpha value is -5.02. The van der Waals surface area contributed by atoms with E-state index in [1.165, 1.54) is 35.4 Å². The molecule has 0 N–H and O–H groups in total. The van der Waals surface area contributed by atoms with Gasteiger partial charge in [-0.1, -0.05) is 46.9 Å². The van der Waals surface area contributed by atoms with E-state index in [9.17, 15) is 20.2 Å². The molecule has 14 heteroatoms. The normalized spacial score (nSPS) is 11.9. The van der Waals surface area contributed by atoms with Gasteiger partial charge in [-0.05, 0) is 77.2 Å². The predicted octanol–water partition coefficient (Wildman–Crippen LogP) is 9.27. The van der Waals surface area contributed by atoms with Crippen molar-refractivity contribution >= 4 is 78.1 Å². The van der Waals surface area contributed by atoms with E-state index in [1.54, 1.807) is 69.6 Å². The first-order chi connectivity index (χ1) is 23.5. The van der Waals surface area contributed by atoms with E-state index >= 15 is 0 Å². The molecule has 10 nitrogen and oxygen atoms in total. The van der Waals surface area contributed by atoms with Crippen LogP contribution >= 0.6 is 45.3 Å². The van der Waals surface area contributed by atoms with Crippen LogP contribution in [0.25, 0.3) is 20.9 Å². The zero-order chi connectivity index (χ0) is 34.7. The number of non-ortho nitro benzene ring substituents is 2. The summed E-state index contributed by atoms with van der Waals surface area (Å²) in [6, 6.07) is 29.7. The summed E-state index contributed by atoms with van der Waals surface area (Å²) < 4.78 is 1.79. The Bertz CT molecular complexity index is 2090. The number of hydrogen-bond acceptors (Lipinski definition) is 12. The van der Waals surface area contributed by atoms with Crippen molar-refractivity contribution in [2.24, 2.45) is 9.98 Å². The summed E-state index contributed by atoms with van der Waals surface area (Å²) in [6.45, 7) is 0. The highest BCUT2D eigenvalue weighted by Gasteiger charge is 2.15. The zero-order valence-electron chi connectivity index (χ0n) is 26.9. The summed E-state index contributed by atoms with van der Waals surface area (Å²) in [5, 5.41) is 24.3. The highest BCUT2D eigenvalue weighted by atomic mass is 32.2. The molecule has 0 bridgehead atoms. The van der Waals surface area contributed by atoms with E-state index in [0.717, 1.165) is 56.6 Å². The van der Waals surface area contributed by atoms with Gasteiger partial charge < -0.3 is 9.80 Å². The highest BCUT2D eigenvalue weighted by Crippen LogP contribution is 2.38. The molecule has 0 saturated heterocycles. The minimum atomic E-state index is -0.389. The van der Waals surface area contributed by atoms with Crippen molar-refractivity contribution in [1.82, 2.24) is 0 Å². The van der Waals surface area contributed by atoms with E-state index in [-0.39, 0.29) is 21.2 Å². The molecule has 0 radical (unpaired) electrons. The fraction of sp³-hybridized carbons (Fsp3) is 0.143. The minimum absolute atomic E-state index is 0.0701. The third-order valence-corrected chi connectivity index (χ3v) is 12.5. The molecule has 0 aliphatic rings. The molecular formula is C35H30N6O4S4. The van der Waals surface area contributed by atoms with Crippen molar-refractivity contribution < 1.29 is 9.85 Å². The quantitative estimate of drug-likeness (QED) is 0.103. The molecule has 49 heavy (non-hydrogen) atoms. The fourth-order valence-corrected chi connectivity index (χ4v) is 9.82. The number of nitro groups is 2. The smallest absolute Gasteiger partial charge is 0.269 e. The average molecular weight is 727 g/mol. The largest absolute Gasteiger partial charge is 0.368 e. The number of nitrogens with zero attached hydrogens (tertiary/aromatic N) is 6. The molecule has 2 aromatic heterocycles. The van der Waals surface area contributed by atoms with E-state index in [2.05, 4.69) is 24.3 Å². The molecule has 0 fully saturated rings. The third-order valence-electron chi connectivity index (χ3n) is 7.35. The molecule has 4 aromatic carbocycles. The summed E-state index contributed by atoms with van der Waals surface area (Å²) in [5.41, 5.74) is 6.05. The molecule has 248 valence electrons. The summed E-state index contributed by atoms with van der Waals surface area (Å²) in [5.74, 6) is 0. The average Bonchev–Trinajstić information content (AvgIpc) is 3.72. The van der Waals surface area contributed by atoms with E-state index < -0.39 is 0 Å². The molecular weight excluding hydrogens is 697 g/mol. The molecule has 0 aliphatic heterocycles. The molecule has 0 unspecified atom stereocenters. The van der Waals surface area contributed by atoms with Gasteiger partial charge in [-0.2, -0.15) is 0 Å². The van der Waals surface area contributed by atoms with Gasteiger partial charge in [0.05, 0.1) is 31.0 Å². The molecule has 0 aliphatic carbocycles. The maximum Gasteiger partial charge on any atom is 0.269 e. The standard InChI is InChI=1S/C35H30N6O4S4/c1-38(2)32-30(24-9-17-28(18-10-24)40(42)43)46-34(48-32)36-26-13-5-22(6-14-26)21-23-7-15-27(16-8-23)37-35-47-31(33(49-35)39(3)4)25-11-19-29(20-12-25)41(44)45/h5-20H,21H2,1-4H3. The van der Waals surface area contributed by atoms with Crippen molar-refractivity contribution in [3.8, 4) is 20.9 Å². The second-order valence-electron chi connectivity index (χ2n) is 11.3. The van der Waals surface area contributed by atoms with Crippen LogP contribution in [0.15, 0.2) is 107 Å². The Balaban J connectivity index is 1.17. The van der Waals surface area contributed by atoms with Crippen LogP contribution in [0.1, 0.15) is 11.1 Å². The lowest BCUT2D eigenvalue weighted by Crippen LogP contribution is -2.07. The summed E-state index contributed by atoms with van der Waals surface area (Å²) in [4.78, 5) is 37.3. The first kappa shape index (κ1) is 33.9. The molecule has 0 saturated carbocycles. The van der Waals surface area contributed by atoms with E-state index in [1.807, 2.05) is 62.3 Å². The summed E-state index contributed by atoms with van der Waals surface area (Å²) in [6.07, 6.45) is 0.772. The van der Waals surface area contributed by atoms with Crippen LogP contribution in [0.5, 0.6) is 0 Å². The summed E-state index contributed by atoms with van der Waals surface area (Å²) >= 11 is 6.32. The van der Waals surface area contributed by atoms with Crippen LogP contribution in [0.4, 0.5) is 32.8 Å². The molecule has 6 aromatic rings. The van der Waals surface area contributed by atoms with Gasteiger partial charge in [-0.3, -0.25) is 20.2 Å². The Labute approximate surface area is 298 Å². The van der Waals surface area contributed by atoms with Gasteiger partial charge in [0.15, 0.2) is 7.97 Å². The van der Waals surface area contributed by atoms with Crippen molar-refractivity contribution in [2.45, 2.75) is 6.42 Å². The van der Waals surface area contributed by atoms with Gasteiger partial charge in [0.25, 0.3) is 11.4 Å². The third kappa shape index (κ3) is 8.00. The van der Waals surface area contributed by atoms with Crippen molar-refractivity contribution in [3.05, 3.63) is 136 Å². The van der Waals surface area contributed by atoms with Gasteiger partial charge in [-0.15, -0.1) is 22.7 Å².